The van der Waals surface area contributed by atoms with Crippen LogP contribution in [0.25, 0.3) is 0 Å². The molecule has 2 unspecified atom stereocenters. The Morgan fingerprint density at radius 2 is 2.06 bits per heavy atom. The van der Waals surface area contributed by atoms with Crippen LogP contribution < -0.4 is 10.6 Å². The highest BCUT2D eigenvalue weighted by molar-refractivity contribution is 8.00. The summed E-state index contributed by atoms with van der Waals surface area (Å²) in [5.74, 6) is 0.843. The molecule has 2 N–H and O–H groups in total. The van der Waals surface area contributed by atoms with E-state index < -0.39 is 0 Å². The zero-order valence-electron chi connectivity index (χ0n) is 11.8. The molecule has 0 aliphatic heterocycles. The van der Waals surface area contributed by atoms with Crippen LogP contribution in [0.5, 0.6) is 0 Å². The highest BCUT2D eigenvalue weighted by Crippen LogP contribution is 2.40. The molecule has 3 nitrogen and oxygen atoms in total. The van der Waals surface area contributed by atoms with Crippen LogP contribution in [0.3, 0.4) is 0 Å². The smallest absolute Gasteiger partial charge is 0.230 e. The maximum atomic E-state index is 11.7. The Hall–Kier alpha value is -0.220. The van der Waals surface area contributed by atoms with E-state index >= 15 is 0 Å². The molecular weight excluding hydrogens is 244 g/mol. The molecule has 0 heterocycles. The predicted molar refractivity (Wildman–Crippen MR) is 77.9 cm³/mol. The molecule has 18 heavy (non-hydrogen) atoms. The van der Waals surface area contributed by atoms with Gasteiger partial charge in [0, 0.05) is 17.3 Å². The Morgan fingerprint density at radius 3 is 2.67 bits per heavy atom. The molecule has 2 aliphatic rings. The van der Waals surface area contributed by atoms with Crippen LogP contribution in [0.4, 0.5) is 0 Å². The quantitative estimate of drug-likeness (QED) is 0.804. The van der Waals surface area contributed by atoms with Crippen LogP contribution in [-0.4, -0.2) is 36.0 Å². The second kappa shape index (κ2) is 5.83. The Kier molecular flexibility index (Phi) is 4.59. The van der Waals surface area contributed by atoms with Crippen molar-refractivity contribution in [3.8, 4) is 0 Å². The third-order valence-electron chi connectivity index (χ3n) is 4.08. The molecule has 2 saturated carbocycles. The minimum atomic E-state index is 0.223. The fraction of sp³-hybridized carbons (Fsp3) is 0.929. The van der Waals surface area contributed by atoms with Crippen molar-refractivity contribution in [1.29, 1.82) is 0 Å². The molecule has 0 spiro atoms. The molecule has 2 aliphatic carbocycles. The SMILES string of the molecule is CNC1CCC(C)(C)CC1SCC(=O)NC1CC1. The van der Waals surface area contributed by atoms with Crippen molar-refractivity contribution < 1.29 is 4.79 Å². The summed E-state index contributed by atoms with van der Waals surface area (Å²) in [5, 5.41) is 7.06. The summed E-state index contributed by atoms with van der Waals surface area (Å²) in [6.07, 6.45) is 6.06. The molecule has 2 rings (SSSR count). The maximum absolute atomic E-state index is 11.7. The van der Waals surface area contributed by atoms with Gasteiger partial charge in [-0.15, -0.1) is 11.8 Å². The van der Waals surface area contributed by atoms with Gasteiger partial charge in [0.1, 0.15) is 0 Å². The Morgan fingerprint density at radius 1 is 1.33 bits per heavy atom. The average Bonchev–Trinajstić information content (AvgIpc) is 3.09. The number of carbonyl (C=O) groups is 1. The molecule has 0 aromatic carbocycles. The zero-order valence-corrected chi connectivity index (χ0v) is 12.6. The fourth-order valence-electron chi connectivity index (χ4n) is 2.71. The maximum Gasteiger partial charge on any atom is 0.230 e. The molecule has 1 amide bonds. The summed E-state index contributed by atoms with van der Waals surface area (Å²) in [6.45, 7) is 4.69. The van der Waals surface area contributed by atoms with Gasteiger partial charge >= 0.3 is 0 Å². The summed E-state index contributed by atoms with van der Waals surface area (Å²) in [4.78, 5) is 11.7. The third kappa shape index (κ3) is 4.16. The van der Waals surface area contributed by atoms with E-state index in [0.717, 1.165) is 0 Å². The van der Waals surface area contributed by atoms with E-state index in [-0.39, 0.29) is 5.91 Å². The van der Waals surface area contributed by atoms with Gasteiger partial charge in [-0.25, -0.2) is 0 Å². The van der Waals surface area contributed by atoms with Crippen molar-refractivity contribution in [2.45, 2.75) is 63.3 Å². The van der Waals surface area contributed by atoms with Crippen molar-refractivity contribution in [3.63, 3.8) is 0 Å². The van der Waals surface area contributed by atoms with Gasteiger partial charge in [-0.3, -0.25) is 4.79 Å². The number of hydrogen-bond acceptors (Lipinski definition) is 3. The highest BCUT2D eigenvalue weighted by atomic mass is 32.2. The minimum Gasteiger partial charge on any atom is -0.353 e. The van der Waals surface area contributed by atoms with Crippen LogP contribution in [0.2, 0.25) is 0 Å². The van der Waals surface area contributed by atoms with Crippen molar-refractivity contribution in [2.75, 3.05) is 12.8 Å². The van der Waals surface area contributed by atoms with Crippen molar-refractivity contribution in [3.05, 3.63) is 0 Å². The highest BCUT2D eigenvalue weighted by Gasteiger charge is 2.34. The number of thioether (sulfide) groups is 1. The number of amides is 1. The molecular formula is C14H26N2OS. The molecule has 0 aromatic rings. The summed E-state index contributed by atoms with van der Waals surface area (Å²) < 4.78 is 0. The summed E-state index contributed by atoms with van der Waals surface area (Å²) in [6, 6.07) is 1.05. The Labute approximate surface area is 115 Å². The van der Waals surface area contributed by atoms with Crippen LogP contribution in [0.1, 0.15) is 46.0 Å². The lowest BCUT2D eigenvalue weighted by molar-refractivity contribution is -0.118. The first-order valence-corrected chi connectivity index (χ1v) is 8.13. The molecule has 2 atom stereocenters. The minimum absolute atomic E-state index is 0.223. The van der Waals surface area contributed by atoms with Crippen LogP contribution >= 0.6 is 11.8 Å². The molecule has 4 heteroatoms. The first-order chi connectivity index (χ1) is 8.50. The average molecular weight is 270 g/mol. The number of rotatable bonds is 5. The molecule has 0 saturated heterocycles. The monoisotopic (exact) mass is 270 g/mol. The van der Waals surface area contributed by atoms with Gasteiger partial charge in [0.2, 0.25) is 5.91 Å². The van der Waals surface area contributed by atoms with Crippen LogP contribution in [0.15, 0.2) is 0 Å². The van der Waals surface area contributed by atoms with E-state index in [1.807, 2.05) is 18.8 Å². The van der Waals surface area contributed by atoms with E-state index in [1.165, 1.54) is 32.1 Å². The lowest BCUT2D eigenvalue weighted by atomic mass is 9.75. The Balaban J connectivity index is 1.78. The molecule has 0 aromatic heterocycles. The van der Waals surface area contributed by atoms with Gasteiger partial charge in [0.25, 0.3) is 0 Å². The first-order valence-electron chi connectivity index (χ1n) is 7.08. The summed E-state index contributed by atoms with van der Waals surface area (Å²) in [7, 11) is 2.04. The van der Waals surface area contributed by atoms with E-state index in [9.17, 15) is 4.79 Å². The van der Waals surface area contributed by atoms with E-state index in [1.54, 1.807) is 0 Å². The normalized spacial score (nSPS) is 31.1. The van der Waals surface area contributed by atoms with Gasteiger partial charge in [-0.1, -0.05) is 13.8 Å². The molecule has 0 bridgehead atoms. The lowest BCUT2D eigenvalue weighted by Gasteiger charge is -2.40. The van der Waals surface area contributed by atoms with Crippen molar-refractivity contribution in [2.24, 2.45) is 5.41 Å². The van der Waals surface area contributed by atoms with Gasteiger partial charge in [-0.05, 0) is 44.6 Å². The fourth-order valence-corrected chi connectivity index (χ4v) is 4.23. The lowest BCUT2D eigenvalue weighted by Crippen LogP contribution is -2.44. The molecule has 104 valence electrons. The second-order valence-electron chi connectivity index (χ2n) is 6.49. The van der Waals surface area contributed by atoms with E-state index in [4.69, 9.17) is 0 Å². The standard InChI is InChI=1S/C14H26N2OS/c1-14(2)7-6-11(15-3)12(8-14)18-9-13(17)16-10-4-5-10/h10-12,15H,4-9H2,1-3H3,(H,16,17). The summed E-state index contributed by atoms with van der Waals surface area (Å²) >= 11 is 1.84. The Bertz CT molecular complexity index is 302. The number of carbonyl (C=O) groups excluding carboxylic acids is 1. The van der Waals surface area contributed by atoms with Gasteiger partial charge in [0.05, 0.1) is 5.75 Å². The topological polar surface area (TPSA) is 41.1 Å². The van der Waals surface area contributed by atoms with Gasteiger partial charge in [0.15, 0.2) is 0 Å². The van der Waals surface area contributed by atoms with Gasteiger partial charge in [-0.2, -0.15) is 0 Å². The first kappa shape index (κ1) is 14.2. The van der Waals surface area contributed by atoms with E-state index in [2.05, 4.69) is 24.5 Å². The van der Waals surface area contributed by atoms with Crippen LogP contribution in [0, 0.1) is 5.41 Å². The zero-order chi connectivity index (χ0) is 13.2. The molecule has 2 fully saturated rings. The summed E-state index contributed by atoms with van der Waals surface area (Å²) in [5.41, 5.74) is 0.429. The van der Waals surface area contributed by atoms with Gasteiger partial charge < -0.3 is 10.6 Å². The van der Waals surface area contributed by atoms with Crippen LogP contribution in [-0.2, 0) is 4.79 Å². The molecule has 0 radical (unpaired) electrons. The largest absolute Gasteiger partial charge is 0.353 e. The third-order valence-corrected chi connectivity index (χ3v) is 5.43. The second-order valence-corrected chi connectivity index (χ2v) is 7.72. The van der Waals surface area contributed by atoms with Crippen molar-refractivity contribution in [1.82, 2.24) is 10.6 Å². The van der Waals surface area contributed by atoms with Crippen molar-refractivity contribution >= 4 is 17.7 Å². The van der Waals surface area contributed by atoms with E-state index in [0.29, 0.717) is 28.5 Å². The number of hydrogen-bond donors (Lipinski definition) is 2. The number of nitrogens with one attached hydrogen (secondary N) is 2. The predicted octanol–water partition coefficient (Wildman–Crippen LogP) is 2.16.